The molecule has 0 bridgehead atoms. The van der Waals surface area contributed by atoms with Gasteiger partial charge in [-0.1, -0.05) is 18.2 Å². The Bertz CT molecular complexity index is 1860. The summed E-state index contributed by atoms with van der Waals surface area (Å²) in [5.41, 5.74) is 4.76. The lowest BCUT2D eigenvalue weighted by Crippen LogP contribution is -2.26. The third-order valence-electron chi connectivity index (χ3n) is 6.76. The van der Waals surface area contributed by atoms with E-state index in [-0.39, 0.29) is 23.3 Å². The Morgan fingerprint density at radius 2 is 1.72 bits per heavy atom. The first-order valence-corrected chi connectivity index (χ1v) is 14.2. The van der Waals surface area contributed by atoms with Gasteiger partial charge >= 0.3 is 5.69 Å². The van der Waals surface area contributed by atoms with Crippen LogP contribution in [0, 0.1) is 0 Å². The summed E-state index contributed by atoms with van der Waals surface area (Å²) in [4.78, 5) is 22.6. The first kappa shape index (κ1) is 26.2. The van der Waals surface area contributed by atoms with Gasteiger partial charge in [0.25, 0.3) is 0 Å². The van der Waals surface area contributed by atoms with Crippen LogP contribution < -0.4 is 19.9 Å². The number of benzene rings is 2. The Balaban J connectivity index is 1.74. The third kappa shape index (κ3) is 4.81. The van der Waals surface area contributed by atoms with Gasteiger partial charge in [-0.25, -0.2) is 18.2 Å². The molecule has 3 heterocycles. The number of aromatic nitrogens is 4. The molecule has 39 heavy (non-hydrogen) atoms. The van der Waals surface area contributed by atoms with Gasteiger partial charge in [-0.15, -0.1) is 0 Å². The Hall–Kier alpha value is -4.38. The SMILES string of the molecule is CCn1c(=O)n([C@H](C)c2ccc(OC)cc2)c2c3cc(-c4cnc(OC)c(NS(C)(=O)=O)c4)ccc3ncc21. The second-order valence-electron chi connectivity index (χ2n) is 9.23. The van der Waals surface area contributed by atoms with E-state index < -0.39 is 10.0 Å². The van der Waals surface area contributed by atoms with Crippen molar-refractivity contribution in [2.24, 2.45) is 0 Å². The number of fused-ring (bicyclic) bond motifs is 3. The molecule has 0 saturated heterocycles. The average molecular weight is 548 g/mol. The zero-order chi connectivity index (χ0) is 27.9. The van der Waals surface area contributed by atoms with Gasteiger partial charge in [0, 0.05) is 23.7 Å². The molecule has 10 nitrogen and oxygen atoms in total. The van der Waals surface area contributed by atoms with Crippen LogP contribution in [0.25, 0.3) is 33.1 Å². The van der Waals surface area contributed by atoms with Gasteiger partial charge in [0.05, 0.1) is 49.3 Å². The molecule has 0 unspecified atom stereocenters. The molecule has 2 aromatic carbocycles. The maximum atomic E-state index is 13.7. The van der Waals surface area contributed by atoms with E-state index in [0.717, 1.165) is 45.1 Å². The van der Waals surface area contributed by atoms with E-state index in [1.54, 1.807) is 34.7 Å². The normalized spacial score (nSPS) is 12.5. The van der Waals surface area contributed by atoms with Gasteiger partial charge in [0.15, 0.2) is 0 Å². The predicted molar refractivity (Wildman–Crippen MR) is 152 cm³/mol. The topological polar surface area (TPSA) is 117 Å². The number of imidazole rings is 1. The first-order chi connectivity index (χ1) is 18.6. The Kier molecular flexibility index (Phi) is 6.77. The number of aryl methyl sites for hydroxylation is 1. The van der Waals surface area contributed by atoms with Crippen molar-refractivity contribution in [1.29, 1.82) is 0 Å². The number of nitrogens with one attached hydrogen (secondary N) is 1. The maximum Gasteiger partial charge on any atom is 0.329 e. The van der Waals surface area contributed by atoms with Crippen LogP contribution in [0.1, 0.15) is 25.5 Å². The number of nitrogens with zero attached hydrogens (tertiary/aromatic N) is 4. The summed E-state index contributed by atoms with van der Waals surface area (Å²) in [6.07, 6.45) is 4.42. The molecule has 0 saturated carbocycles. The standard InChI is InChI=1S/C28H29N5O5S/c1-6-32-25-16-29-23-12-9-19(20-14-24(31-39(5,35)36)27(38-4)30-15-20)13-22(23)26(25)33(28(32)34)17(2)18-7-10-21(37-3)11-8-18/h7-17,31H,6H2,1-5H3/t17-/m1/s1. The average Bonchev–Trinajstić information content (AvgIpc) is 3.22. The van der Waals surface area contributed by atoms with Crippen LogP contribution in [0.5, 0.6) is 11.6 Å². The Labute approximate surface area is 225 Å². The number of pyridine rings is 2. The smallest absolute Gasteiger partial charge is 0.329 e. The van der Waals surface area contributed by atoms with E-state index in [9.17, 15) is 13.2 Å². The van der Waals surface area contributed by atoms with Crippen molar-refractivity contribution in [3.63, 3.8) is 0 Å². The number of hydrogen-bond donors (Lipinski definition) is 1. The molecule has 0 fully saturated rings. The van der Waals surface area contributed by atoms with E-state index >= 15 is 0 Å². The lowest BCUT2D eigenvalue weighted by molar-refractivity contribution is 0.400. The third-order valence-corrected chi connectivity index (χ3v) is 7.35. The molecular formula is C28H29N5O5S. The lowest BCUT2D eigenvalue weighted by Gasteiger charge is -2.16. The van der Waals surface area contributed by atoms with Gasteiger partial charge in [0.1, 0.15) is 11.4 Å². The van der Waals surface area contributed by atoms with Gasteiger partial charge in [-0.3, -0.25) is 18.8 Å². The fraction of sp³-hybridized carbons (Fsp3) is 0.250. The molecule has 202 valence electrons. The van der Waals surface area contributed by atoms with Gasteiger partial charge < -0.3 is 9.47 Å². The van der Waals surface area contributed by atoms with Crippen LogP contribution in [0.2, 0.25) is 0 Å². The molecule has 0 aliphatic carbocycles. The van der Waals surface area contributed by atoms with E-state index in [1.165, 1.54) is 7.11 Å². The van der Waals surface area contributed by atoms with Crippen LogP contribution in [0.15, 0.2) is 65.7 Å². The van der Waals surface area contributed by atoms with Crippen LogP contribution in [0.4, 0.5) is 5.69 Å². The molecule has 11 heteroatoms. The molecule has 0 radical (unpaired) electrons. The molecule has 0 amide bonds. The van der Waals surface area contributed by atoms with Gasteiger partial charge in [-0.2, -0.15) is 0 Å². The summed E-state index contributed by atoms with van der Waals surface area (Å²) in [5, 5.41) is 0.795. The lowest BCUT2D eigenvalue weighted by atomic mass is 10.0. The summed E-state index contributed by atoms with van der Waals surface area (Å²) >= 11 is 0. The fourth-order valence-electron chi connectivity index (χ4n) is 4.87. The Morgan fingerprint density at radius 1 is 0.974 bits per heavy atom. The molecule has 0 spiro atoms. The minimum absolute atomic E-state index is 0.124. The zero-order valence-corrected chi connectivity index (χ0v) is 23.1. The van der Waals surface area contributed by atoms with Crippen LogP contribution in [-0.2, 0) is 16.6 Å². The molecule has 5 aromatic rings. The monoisotopic (exact) mass is 547 g/mol. The van der Waals surface area contributed by atoms with Crippen molar-refractivity contribution in [1.82, 2.24) is 19.1 Å². The number of rotatable bonds is 8. The predicted octanol–water partition coefficient (Wildman–Crippen LogP) is 4.43. The minimum atomic E-state index is -3.55. The summed E-state index contributed by atoms with van der Waals surface area (Å²) in [5.74, 6) is 0.905. The van der Waals surface area contributed by atoms with Crippen molar-refractivity contribution >= 4 is 37.6 Å². The number of anilines is 1. The van der Waals surface area contributed by atoms with Crippen LogP contribution in [0.3, 0.4) is 0 Å². The summed E-state index contributed by atoms with van der Waals surface area (Å²) in [6.45, 7) is 4.42. The molecule has 3 aromatic heterocycles. The van der Waals surface area contributed by atoms with Crippen molar-refractivity contribution in [2.75, 3.05) is 25.2 Å². The second-order valence-corrected chi connectivity index (χ2v) is 11.0. The van der Waals surface area contributed by atoms with Crippen LogP contribution >= 0.6 is 0 Å². The molecular weight excluding hydrogens is 518 g/mol. The second kappa shape index (κ2) is 10.1. The summed E-state index contributed by atoms with van der Waals surface area (Å²) in [6, 6.07) is 14.8. The van der Waals surface area contributed by atoms with Crippen molar-refractivity contribution in [2.45, 2.75) is 26.4 Å². The van der Waals surface area contributed by atoms with Gasteiger partial charge in [0.2, 0.25) is 15.9 Å². The highest BCUT2D eigenvalue weighted by molar-refractivity contribution is 7.92. The number of sulfonamides is 1. The quantitative estimate of drug-likeness (QED) is 0.305. The molecule has 0 aliphatic heterocycles. The Morgan fingerprint density at radius 3 is 2.36 bits per heavy atom. The number of methoxy groups -OCH3 is 2. The maximum absolute atomic E-state index is 13.7. The number of ether oxygens (including phenoxy) is 2. The zero-order valence-electron chi connectivity index (χ0n) is 22.3. The summed E-state index contributed by atoms with van der Waals surface area (Å²) in [7, 11) is -0.508. The largest absolute Gasteiger partial charge is 0.497 e. The molecule has 1 N–H and O–H groups in total. The van der Waals surface area contributed by atoms with Gasteiger partial charge in [-0.05, 0) is 55.3 Å². The summed E-state index contributed by atoms with van der Waals surface area (Å²) < 4.78 is 40.3. The molecule has 1 atom stereocenters. The van der Waals surface area contributed by atoms with E-state index in [0.29, 0.717) is 12.1 Å². The van der Waals surface area contributed by atoms with E-state index in [4.69, 9.17) is 9.47 Å². The van der Waals surface area contributed by atoms with Crippen LogP contribution in [-0.4, -0.2) is 48.0 Å². The highest BCUT2D eigenvalue weighted by Crippen LogP contribution is 2.34. The highest BCUT2D eigenvalue weighted by atomic mass is 32.2. The highest BCUT2D eigenvalue weighted by Gasteiger charge is 2.21. The molecule has 0 aliphatic rings. The minimum Gasteiger partial charge on any atom is -0.497 e. The first-order valence-electron chi connectivity index (χ1n) is 12.3. The van der Waals surface area contributed by atoms with Crippen molar-refractivity contribution < 1.29 is 17.9 Å². The van der Waals surface area contributed by atoms with E-state index in [2.05, 4.69) is 14.7 Å². The van der Waals surface area contributed by atoms with Crippen molar-refractivity contribution in [3.05, 3.63) is 77.0 Å². The molecule has 5 rings (SSSR count). The number of hydrogen-bond acceptors (Lipinski definition) is 7. The fourth-order valence-corrected chi connectivity index (χ4v) is 5.41. The van der Waals surface area contributed by atoms with Crippen molar-refractivity contribution in [3.8, 4) is 22.8 Å². The van der Waals surface area contributed by atoms with E-state index in [1.807, 2.05) is 56.3 Å².